The summed E-state index contributed by atoms with van der Waals surface area (Å²) in [6.07, 6.45) is 0.645. The molecule has 4 rings (SSSR count). The first kappa shape index (κ1) is 19.7. The minimum atomic E-state index is -0.147. The molecule has 0 aromatic heterocycles. The number of anilines is 3. The van der Waals surface area contributed by atoms with E-state index in [4.69, 9.17) is 5.73 Å². The van der Waals surface area contributed by atoms with Crippen LogP contribution in [0.3, 0.4) is 0 Å². The Morgan fingerprint density at radius 3 is 2.23 bits per heavy atom. The zero-order valence-electron chi connectivity index (χ0n) is 17.2. The topological polar surface area (TPSA) is 66.6 Å². The summed E-state index contributed by atoms with van der Waals surface area (Å²) in [7, 11) is 0. The normalized spacial score (nSPS) is 17.9. The highest BCUT2D eigenvalue weighted by Gasteiger charge is 2.37. The number of hydrogen-bond acceptors (Lipinski definition) is 3. The Labute approximate surface area is 176 Å². The maximum Gasteiger partial charge on any atom is 0.258 e. The third-order valence-electron chi connectivity index (χ3n) is 5.62. The minimum Gasteiger partial charge on any atom is -0.399 e. The van der Waals surface area contributed by atoms with Crippen LogP contribution in [0.15, 0.2) is 78.9 Å². The van der Waals surface area contributed by atoms with Gasteiger partial charge in [0.25, 0.3) is 5.91 Å². The van der Waals surface area contributed by atoms with E-state index >= 15 is 0 Å². The van der Waals surface area contributed by atoms with Gasteiger partial charge in [-0.15, -0.1) is 0 Å². The summed E-state index contributed by atoms with van der Waals surface area (Å²) in [6, 6.07) is 24.3. The van der Waals surface area contributed by atoms with Crippen LogP contribution in [0.1, 0.15) is 42.2 Å². The van der Waals surface area contributed by atoms with Crippen LogP contribution in [0.25, 0.3) is 0 Å². The van der Waals surface area contributed by atoms with E-state index in [1.165, 1.54) is 0 Å². The largest absolute Gasteiger partial charge is 0.399 e. The van der Waals surface area contributed by atoms with Crippen molar-refractivity contribution in [2.75, 3.05) is 15.5 Å². The molecule has 0 spiro atoms. The van der Waals surface area contributed by atoms with Crippen molar-refractivity contribution in [1.29, 1.82) is 0 Å². The van der Waals surface area contributed by atoms with Crippen LogP contribution in [0.5, 0.6) is 0 Å². The van der Waals surface area contributed by atoms with E-state index in [0.717, 1.165) is 16.9 Å². The predicted octanol–water partition coefficient (Wildman–Crippen LogP) is 4.80. The van der Waals surface area contributed by atoms with Gasteiger partial charge in [-0.2, -0.15) is 0 Å². The van der Waals surface area contributed by atoms with Crippen molar-refractivity contribution in [2.24, 2.45) is 0 Å². The van der Waals surface area contributed by atoms with E-state index in [0.29, 0.717) is 17.7 Å². The molecule has 5 nitrogen and oxygen atoms in total. The number of amides is 2. The molecule has 0 fully saturated rings. The number of hydrogen-bond donors (Lipinski definition) is 1. The molecule has 2 amide bonds. The van der Waals surface area contributed by atoms with Crippen molar-refractivity contribution in [2.45, 2.75) is 32.4 Å². The Hall–Kier alpha value is -3.60. The van der Waals surface area contributed by atoms with Crippen molar-refractivity contribution < 1.29 is 9.59 Å². The highest BCUT2D eigenvalue weighted by atomic mass is 16.2. The van der Waals surface area contributed by atoms with Crippen LogP contribution in [-0.4, -0.2) is 17.9 Å². The number of rotatable bonds is 3. The van der Waals surface area contributed by atoms with Crippen LogP contribution < -0.4 is 15.5 Å². The second kappa shape index (κ2) is 8.03. The standard InChI is InChI=1S/C25H25N3O2/c1-17-16-24(28(18(2)29)21-8-4-3-5-9-21)22-10-6-7-11-23(22)27(17)25(30)19-12-14-20(26)15-13-19/h3-15,17,24H,16,26H2,1-2H3/t17-,24+/m1/s1. The Balaban J connectivity index is 1.77. The number of benzene rings is 3. The number of carbonyl (C=O) groups excluding carboxylic acids is 2. The van der Waals surface area contributed by atoms with Crippen molar-refractivity contribution in [3.63, 3.8) is 0 Å². The number of nitrogen functional groups attached to an aromatic ring is 1. The van der Waals surface area contributed by atoms with Gasteiger partial charge >= 0.3 is 0 Å². The van der Waals surface area contributed by atoms with E-state index in [1.54, 1.807) is 31.2 Å². The summed E-state index contributed by atoms with van der Waals surface area (Å²) in [4.78, 5) is 29.7. The van der Waals surface area contributed by atoms with Gasteiger partial charge in [-0.1, -0.05) is 36.4 Å². The molecule has 5 heteroatoms. The summed E-state index contributed by atoms with van der Waals surface area (Å²) >= 11 is 0. The molecule has 2 N–H and O–H groups in total. The van der Waals surface area contributed by atoms with Gasteiger partial charge in [-0.3, -0.25) is 9.59 Å². The molecule has 0 saturated heterocycles. The molecule has 1 aliphatic rings. The highest BCUT2D eigenvalue weighted by Crippen LogP contribution is 2.42. The molecule has 1 heterocycles. The smallest absolute Gasteiger partial charge is 0.258 e. The Kier molecular flexibility index (Phi) is 5.27. The van der Waals surface area contributed by atoms with Crippen molar-refractivity contribution in [1.82, 2.24) is 0 Å². The van der Waals surface area contributed by atoms with E-state index in [9.17, 15) is 9.59 Å². The summed E-state index contributed by atoms with van der Waals surface area (Å²) < 4.78 is 0. The summed E-state index contributed by atoms with van der Waals surface area (Å²) in [5.41, 5.74) is 9.66. The minimum absolute atomic E-state index is 0.0217. The monoisotopic (exact) mass is 399 g/mol. The zero-order valence-corrected chi connectivity index (χ0v) is 17.2. The molecule has 152 valence electrons. The van der Waals surface area contributed by atoms with Crippen LogP contribution in [0.4, 0.5) is 17.1 Å². The van der Waals surface area contributed by atoms with Gasteiger partial charge in [0.1, 0.15) is 0 Å². The second-order valence-electron chi connectivity index (χ2n) is 7.68. The fourth-order valence-electron chi connectivity index (χ4n) is 4.27. The van der Waals surface area contributed by atoms with E-state index < -0.39 is 0 Å². The van der Waals surface area contributed by atoms with E-state index in [2.05, 4.69) is 0 Å². The van der Waals surface area contributed by atoms with Crippen LogP contribution in [0.2, 0.25) is 0 Å². The molecule has 30 heavy (non-hydrogen) atoms. The molecule has 0 aliphatic carbocycles. The highest BCUT2D eigenvalue weighted by molar-refractivity contribution is 6.07. The van der Waals surface area contributed by atoms with Gasteiger partial charge in [0.15, 0.2) is 0 Å². The molecule has 2 atom stereocenters. The molecule has 0 unspecified atom stereocenters. The molecule has 1 aliphatic heterocycles. The lowest BCUT2D eigenvalue weighted by atomic mass is 9.89. The molecule has 3 aromatic rings. The summed E-state index contributed by atoms with van der Waals surface area (Å²) in [6.45, 7) is 3.62. The van der Waals surface area contributed by atoms with Gasteiger partial charge in [0.05, 0.1) is 6.04 Å². The maximum absolute atomic E-state index is 13.4. The molecule has 0 saturated carbocycles. The average Bonchev–Trinajstić information content (AvgIpc) is 2.74. The van der Waals surface area contributed by atoms with Crippen molar-refractivity contribution in [3.8, 4) is 0 Å². The summed E-state index contributed by atoms with van der Waals surface area (Å²) in [5, 5.41) is 0. The molecular formula is C25H25N3O2. The van der Waals surface area contributed by atoms with Gasteiger partial charge in [0, 0.05) is 35.6 Å². The second-order valence-corrected chi connectivity index (χ2v) is 7.68. The summed E-state index contributed by atoms with van der Waals surface area (Å²) in [5.74, 6) is -0.0889. The molecule has 0 radical (unpaired) electrons. The van der Waals surface area contributed by atoms with Gasteiger partial charge in [-0.05, 0) is 61.4 Å². The number of nitrogens with two attached hydrogens (primary N) is 1. The average molecular weight is 399 g/mol. The Morgan fingerprint density at radius 2 is 1.57 bits per heavy atom. The fraction of sp³-hybridized carbons (Fsp3) is 0.200. The lowest BCUT2D eigenvalue weighted by Gasteiger charge is -2.43. The van der Waals surface area contributed by atoms with Gasteiger partial charge < -0.3 is 15.5 Å². The third-order valence-corrected chi connectivity index (χ3v) is 5.62. The quantitative estimate of drug-likeness (QED) is 0.643. The molecule has 3 aromatic carbocycles. The van der Waals surface area contributed by atoms with Crippen molar-refractivity contribution >= 4 is 28.9 Å². The molecule has 0 bridgehead atoms. The zero-order chi connectivity index (χ0) is 21.3. The first-order valence-corrected chi connectivity index (χ1v) is 10.1. The number of nitrogens with zero attached hydrogens (tertiary/aromatic N) is 2. The fourth-order valence-corrected chi connectivity index (χ4v) is 4.27. The first-order chi connectivity index (χ1) is 14.5. The Bertz CT molecular complexity index is 1060. The van der Waals surface area contributed by atoms with Gasteiger partial charge in [0.2, 0.25) is 5.91 Å². The number of para-hydroxylation sites is 2. The number of carbonyl (C=O) groups is 2. The lowest BCUT2D eigenvalue weighted by Crippen LogP contribution is -2.47. The predicted molar refractivity (Wildman–Crippen MR) is 121 cm³/mol. The lowest BCUT2D eigenvalue weighted by molar-refractivity contribution is -0.117. The number of fused-ring (bicyclic) bond motifs is 1. The van der Waals surface area contributed by atoms with Crippen LogP contribution in [-0.2, 0) is 4.79 Å². The Morgan fingerprint density at radius 1 is 0.933 bits per heavy atom. The maximum atomic E-state index is 13.4. The van der Waals surface area contributed by atoms with Crippen LogP contribution in [0, 0.1) is 0 Å². The van der Waals surface area contributed by atoms with Crippen molar-refractivity contribution in [3.05, 3.63) is 90.0 Å². The van der Waals surface area contributed by atoms with Crippen LogP contribution >= 0.6 is 0 Å². The van der Waals surface area contributed by atoms with E-state index in [-0.39, 0.29) is 23.9 Å². The molecular weight excluding hydrogens is 374 g/mol. The SMILES string of the molecule is CC(=O)N(c1ccccc1)[C@H]1C[C@@H](C)N(C(=O)c2ccc(N)cc2)c2ccccc21. The van der Waals surface area contributed by atoms with Gasteiger partial charge in [-0.25, -0.2) is 0 Å². The third kappa shape index (κ3) is 3.54. The van der Waals surface area contributed by atoms with E-state index in [1.807, 2.05) is 71.3 Å². The first-order valence-electron chi connectivity index (χ1n) is 10.1.